The van der Waals surface area contributed by atoms with Crippen LogP contribution in [0.1, 0.15) is 34.3 Å². The zero-order valence-corrected chi connectivity index (χ0v) is 14.2. The minimum atomic E-state index is -0.0270. The number of carbonyl (C=O) groups excluding carboxylic acids is 1. The lowest BCUT2D eigenvalue weighted by molar-refractivity contribution is 0.0951. The standard InChI is InChI=1S/C20H20N4O/c1-24-18-7-6-14(10-17(18)22-23-24)19(25)21-12-15-11-20(15)9-8-13-4-2-3-5-16(13)20/h2-7,10,15H,8-9,11-12H2,1H3,(H,21,25)/t15-,20+/m1/s1. The number of hydrogen-bond donors (Lipinski definition) is 1. The molecule has 1 amide bonds. The summed E-state index contributed by atoms with van der Waals surface area (Å²) in [6.45, 7) is 0.742. The Bertz CT molecular complexity index is 992. The first kappa shape index (κ1) is 14.6. The highest BCUT2D eigenvalue weighted by Gasteiger charge is 2.57. The summed E-state index contributed by atoms with van der Waals surface area (Å²) in [6.07, 6.45) is 3.58. The van der Waals surface area contributed by atoms with Gasteiger partial charge in [-0.05, 0) is 54.5 Å². The number of aromatic nitrogens is 3. The average molecular weight is 332 g/mol. The van der Waals surface area contributed by atoms with Gasteiger partial charge in [-0.3, -0.25) is 4.79 Å². The van der Waals surface area contributed by atoms with Crippen molar-refractivity contribution < 1.29 is 4.79 Å². The number of carbonyl (C=O) groups is 1. The zero-order chi connectivity index (χ0) is 17.0. The summed E-state index contributed by atoms with van der Waals surface area (Å²) in [5, 5.41) is 11.2. The van der Waals surface area contributed by atoms with Crippen molar-refractivity contribution in [2.45, 2.75) is 24.7 Å². The Balaban J connectivity index is 1.28. The van der Waals surface area contributed by atoms with Gasteiger partial charge in [0.05, 0.1) is 5.52 Å². The van der Waals surface area contributed by atoms with E-state index in [2.05, 4.69) is 39.9 Å². The molecule has 0 unspecified atom stereocenters. The van der Waals surface area contributed by atoms with Crippen molar-refractivity contribution >= 4 is 16.9 Å². The third-order valence-electron chi connectivity index (χ3n) is 6.01. The first-order valence-electron chi connectivity index (χ1n) is 8.83. The van der Waals surface area contributed by atoms with Crippen molar-refractivity contribution in [3.8, 4) is 0 Å². The summed E-state index contributed by atoms with van der Waals surface area (Å²) in [5.41, 5.74) is 5.65. The van der Waals surface area contributed by atoms with Crippen molar-refractivity contribution in [2.24, 2.45) is 13.0 Å². The van der Waals surface area contributed by atoms with E-state index in [4.69, 9.17) is 0 Å². The van der Waals surface area contributed by atoms with Crippen LogP contribution in [0.15, 0.2) is 42.5 Å². The molecule has 5 nitrogen and oxygen atoms in total. The second kappa shape index (κ2) is 5.15. The highest BCUT2D eigenvalue weighted by atomic mass is 16.1. The fourth-order valence-corrected chi connectivity index (χ4v) is 4.50. The number of benzene rings is 2. The maximum absolute atomic E-state index is 12.5. The van der Waals surface area contributed by atoms with Gasteiger partial charge in [0.2, 0.25) is 0 Å². The molecule has 2 aliphatic carbocycles. The smallest absolute Gasteiger partial charge is 0.251 e. The highest BCUT2D eigenvalue weighted by Crippen LogP contribution is 2.61. The second-order valence-electron chi connectivity index (χ2n) is 7.34. The lowest BCUT2D eigenvalue weighted by atomic mass is 9.95. The Kier molecular flexibility index (Phi) is 3.02. The van der Waals surface area contributed by atoms with E-state index >= 15 is 0 Å². The van der Waals surface area contributed by atoms with Crippen LogP contribution in [0.5, 0.6) is 0 Å². The molecule has 1 heterocycles. The van der Waals surface area contributed by atoms with E-state index in [-0.39, 0.29) is 5.91 Å². The molecule has 0 radical (unpaired) electrons. The number of hydrogen-bond acceptors (Lipinski definition) is 3. The number of aryl methyl sites for hydroxylation is 2. The molecule has 5 heteroatoms. The summed E-state index contributed by atoms with van der Waals surface area (Å²) in [7, 11) is 1.85. The van der Waals surface area contributed by atoms with Gasteiger partial charge < -0.3 is 5.32 Å². The van der Waals surface area contributed by atoms with Crippen LogP contribution >= 0.6 is 0 Å². The Morgan fingerprint density at radius 2 is 2.20 bits per heavy atom. The van der Waals surface area contributed by atoms with E-state index in [1.807, 2.05) is 25.2 Å². The molecule has 0 bridgehead atoms. The van der Waals surface area contributed by atoms with Crippen LogP contribution in [0.2, 0.25) is 0 Å². The molecule has 126 valence electrons. The van der Waals surface area contributed by atoms with Gasteiger partial charge in [-0.25, -0.2) is 4.68 Å². The summed E-state index contributed by atoms with van der Waals surface area (Å²) < 4.78 is 1.71. The lowest BCUT2D eigenvalue weighted by Gasteiger charge is -2.12. The van der Waals surface area contributed by atoms with Crippen LogP contribution in [0.25, 0.3) is 11.0 Å². The molecule has 2 atom stereocenters. The van der Waals surface area contributed by atoms with Gasteiger partial charge in [0.15, 0.2) is 0 Å². The van der Waals surface area contributed by atoms with Crippen LogP contribution in [0, 0.1) is 5.92 Å². The highest BCUT2D eigenvalue weighted by molar-refractivity contribution is 5.97. The molecular formula is C20H20N4O. The molecule has 2 aromatic carbocycles. The minimum Gasteiger partial charge on any atom is -0.352 e. The Labute approximate surface area is 146 Å². The Hall–Kier alpha value is -2.69. The normalized spacial score (nSPS) is 23.8. The summed E-state index contributed by atoms with van der Waals surface area (Å²) in [6, 6.07) is 14.3. The van der Waals surface area contributed by atoms with Crippen LogP contribution in [-0.2, 0) is 18.9 Å². The van der Waals surface area contributed by atoms with Gasteiger partial charge in [-0.15, -0.1) is 5.10 Å². The first-order valence-corrected chi connectivity index (χ1v) is 8.83. The predicted molar refractivity (Wildman–Crippen MR) is 95.4 cm³/mol. The Morgan fingerprint density at radius 3 is 3.12 bits per heavy atom. The van der Waals surface area contributed by atoms with Crippen LogP contribution in [0.4, 0.5) is 0 Å². The molecule has 3 aromatic rings. The third kappa shape index (κ3) is 2.18. The van der Waals surface area contributed by atoms with E-state index in [0.717, 1.165) is 17.6 Å². The maximum Gasteiger partial charge on any atom is 0.251 e. The number of nitrogens with one attached hydrogen (secondary N) is 1. The van der Waals surface area contributed by atoms with E-state index in [0.29, 0.717) is 16.9 Å². The first-order chi connectivity index (χ1) is 12.2. The number of amides is 1. The molecular weight excluding hydrogens is 312 g/mol. The van der Waals surface area contributed by atoms with Gasteiger partial charge >= 0.3 is 0 Å². The molecule has 1 fully saturated rings. The van der Waals surface area contributed by atoms with Crippen molar-refractivity contribution in [3.63, 3.8) is 0 Å². The molecule has 1 saturated carbocycles. The molecule has 0 aliphatic heterocycles. The van der Waals surface area contributed by atoms with Crippen molar-refractivity contribution in [1.29, 1.82) is 0 Å². The van der Waals surface area contributed by atoms with Crippen molar-refractivity contribution in [1.82, 2.24) is 20.3 Å². The summed E-state index contributed by atoms with van der Waals surface area (Å²) >= 11 is 0. The van der Waals surface area contributed by atoms with E-state index < -0.39 is 0 Å². The van der Waals surface area contributed by atoms with Crippen molar-refractivity contribution in [3.05, 3.63) is 59.2 Å². The molecule has 2 aliphatic rings. The van der Waals surface area contributed by atoms with Crippen LogP contribution < -0.4 is 5.32 Å². The molecule has 25 heavy (non-hydrogen) atoms. The topological polar surface area (TPSA) is 59.8 Å². The van der Waals surface area contributed by atoms with Crippen LogP contribution in [-0.4, -0.2) is 27.4 Å². The van der Waals surface area contributed by atoms with E-state index in [1.54, 1.807) is 4.68 Å². The molecule has 1 aromatic heterocycles. The summed E-state index contributed by atoms with van der Waals surface area (Å²) in [5.74, 6) is 0.529. The van der Waals surface area contributed by atoms with E-state index in [1.165, 1.54) is 30.4 Å². The van der Waals surface area contributed by atoms with Gasteiger partial charge in [0, 0.05) is 24.6 Å². The maximum atomic E-state index is 12.5. The summed E-state index contributed by atoms with van der Waals surface area (Å²) in [4.78, 5) is 12.5. The van der Waals surface area contributed by atoms with Gasteiger partial charge in [0.1, 0.15) is 5.52 Å². The minimum absolute atomic E-state index is 0.0270. The quantitative estimate of drug-likeness (QED) is 0.802. The zero-order valence-electron chi connectivity index (χ0n) is 14.2. The van der Waals surface area contributed by atoms with Gasteiger partial charge in [-0.2, -0.15) is 0 Å². The van der Waals surface area contributed by atoms with Gasteiger partial charge in [-0.1, -0.05) is 29.5 Å². The Morgan fingerprint density at radius 1 is 1.32 bits per heavy atom. The number of rotatable bonds is 3. The molecule has 0 saturated heterocycles. The largest absolute Gasteiger partial charge is 0.352 e. The SMILES string of the molecule is Cn1nnc2cc(C(=O)NC[C@H]3C[C@@]34CCc3ccccc34)ccc21. The molecule has 1 N–H and O–H groups in total. The second-order valence-corrected chi connectivity index (χ2v) is 7.34. The average Bonchev–Trinajstić information content (AvgIpc) is 3.04. The fourth-order valence-electron chi connectivity index (χ4n) is 4.50. The van der Waals surface area contributed by atoms with Crippen molar-refractivity contribution in [2.75, 3.05) is 6.54 Å². The number of nitrogens with zero attached hydrogens (tertiary/aromatic N) is 3. The fraction of sp³-hybridized carbons (Fsp3) is 0.350. The monoisotopic (exact) mass is 332 g/mol. The third-order valence-corrected chi connectivity index (χ3v) is 6.01. The lowest BCUT2D eigenvalue weighted by Crippen LogP contribution is -2.27. The molecule has 1 spiro atoms. The van der Waals surface area contributed by atoms with E-state index in [9.17, 15) is 4.79 Å². The van der Waals surface area contributed by atoms with Gasteiger partial charge in [0.25, 0.3) is 5.91 Å². The van der Waals surface area contributed by atoms with Crippen LogP contribution in [0.3, 0.4) is 0 Å². The predicted octanol–water partition coefficient (Wildman–Crippen LogP) is 2.60. The molecule has 5 rings (SSSR count). The number of fused-ring (bicyclic) bond motifs is 3.